The van der Waals surface area contributed by atoms with Crippen molar-refractivity contribution < 1.29 is 19.1 Å². The van der Waals surface area contributed by atoms with Crippen LogP contribution in [0.2, 0.25) is 0 Å². The zero-order chi connectivity index (χ0) is 13.0. The molecule has 0 fully saturated rings. The van der Waals surface area contributed by atoms with E-state index in [1.54, 1.807) is 6.26 Å². The van der Waals surface area contributed by atoms with Crippen LogP contribution in [-0.2, 0) is 9.47 Å². The van der Waals surface area contributed by atoms with Crippen LogP contribution in [0.5, 0.6) is 0 Å². The molecule has 0 unspecified atom stereocenters. The number of esters is 2. The van der Waals surface area contributed by atoms with Crippen molar-refractivity contribution in [2.75, 3.05) is 26.2 Å². The molecule has 1 heterocycles. The molecular weight excluding hydrogens is 244 g/mol. The Kier molecular flexibility index (Phi) is 4.33. The first-order chi connectivity index (χ1) is 8.04. The second kappa shape index (κ2) is 5.53. The van der Waals surface area contributed by atoms with Crippen LogP contribution < -0.4 is 5.73 Å². The average Bonchev–Trinajstić information content (AvgIpc) is 2.35. The van der Waals surface area contributed by atoms with Crippen molar-refractivity contribution in [1.82, 2.24) is 4.98 Å². The standard InChI is InChI=1S/C10H12N2O4S/c1-15-9(13)5-4-6(11)12-8(17-3)7(5)10(14)16-2/h4H,1-3H3,(H2,11,12). The van der Waals surface area contributed by atoms with E-state index in [0.29, 0.717) is 5.03 Å². The van der Waals surface area contributed by atoms with Crippen LogP contribution in [0.25, 0.3) is 0 Å². The normalized spacial score (nSPS) is 9.82. The van der Waals surface area contributed by atoms with E-state index in [1.165, 1.54) is 32.0 Å². The molecule has 92 valence electrons. The summed E-state index contributed by atoms with van der Waals surface area (Å²) < 4.78 is 9.20. The summed E-state index contributed by atoms with van der Waals surface area (Å²) in [7, 11) is 2.45. The van der Waals surface area contributed by atoms with Gasteiger partial charge in [-0.05, 0) is 12.3 Å². The van der Waals surface area contributed by atoms with Gasteiger partial charge in [0.1, 0.15) is 16.4 Å². The average molecular weight is 256 g/mol. The first kappa shape index (κ1) is 13.3. The van der Waals surface area contributed by atoms with Crippen LogP contribution in [0.1, 0.15) is 20.7 Å². The number of hydrogen-bond donors (Lipinski definition) is 1. The molecular formula is C10H12N2O4S. The van der Waals surface area contributed by atoms with Crippen molar-refractivity contribution in [2.45, 2.75) is 5.03 Å². The van der Waals surface area contributed by atoms with Crippen LogP contribution in [0.4, 0.5) is 5.82 Å². The first-order valence-corrected chi connectivity index (χ1v) is 5.78. The van der Waals surface area contributed by atoms with Gasteiger partial charge in [0.2, 0.25) is 0 Å². The summed E-state index contributed by atoms with van der Waals surface area (Å²) in [6, 6.07) is 1.29. The zero-order valence-electron chi connectivity index (χ0n) is 9.64. The number of aromatic nitrogens is 1. The third kappa shape index (κ3) is 2.68. The quantitative estimate of drug-likeness (QED) is 0.636. The van der Waals surface area contributed by atoms with E-state index in [2.05, 4.69) is 14.5 Å². The van der Waals surface area contributed by atoms with Crippen LogP contribution in [0, 0.1) is 0 Å². The highest BCUT2D eigenvalue weighted by Crippen LogP contribution is 2.25. The van der Waals surface area contributed by atoms with Gasteiger partial charge in [0.25, 0.3) is 0 Å². The molecule has 1 aromatic heterocycles. The van der Waals surface area contributed by atoms with Gasteiger partial charge >= 0.3 is 11.9 Å². The molecule has 0 amide bonds. The molecule has 7 heteroatoms. The van der Waals surface area contributed by atoms with E-state index < -0.39 is 11.9 Å². The van der Waals surface area contributed by atoms with Crippen molar-refractivity contribution >= 4 is 29.5 Å². The van der Waals surface area contributed by atoms with Gasteiger partial charge in [0, 0.05) is 0 Å². The highest BCUT2D eigenvalue weighted by molar-refractivity contribution is 7.98. The third-order valence-electron chi connectivity index (χ3n) is 1.99. The minimum absolute atomic E-state index is 0.0520. The number of thioether (sulfide) groups is 1. The van der Waals surface area contributed by atoms with Crippen LogP contribution in [0.15, 0.2) is 11.1 Å². The minimum atomic E-state index is -0.658. The topological polar surface area (TPSA) is 91.5 Å². The number of pyridine rings is 1. The second-order valence-corrected chi connectivity index (χ2v) is 3.76. The number of nitrogens with zero attached hydrogens (tertiary/aromatic N) is 1. The predicted octanol–water partition coefficient (Wildman–Crippen LogP) is 0.959. The molecule has 0 aromatic carbocycles. The number of nitrogen functional groups attached to an aromatic ring is 1. The lowest BCUT2D eigenvalue weighted by molar-refractivity contribution is 0.0551. The van der Waals surface area contributed by atoms with Gasteiger partial charge in [-0.2, -0.15) is 0 Å². The molecule has 6 nitrogen and oxygen atoms in total. The maximum absolute atomic E-state index is 11.6. The molecule has 1 aromatic rings. The summed E-state index contributed by atoms with van der Waals surface area (Å²) in [6.45, 7) is 0. The molecule has 0 radical (unpaired) electrons. The summed E-state index contributed by atoms with van der Waals surface area (Å²) in [5, 5.41) is 0.331. The van der Waals surface area contributed by atoms with Gasteiger partial charge < -0.3 is 15.2 Å². The van der Waals surface area contributed by atoms with Crippen molar-refractivity contribution in [1.29, 1.82) is 0 Å². The van der Waals surface area contributed by atoms with Gasteiger partial charge in [0.15, 0.2) is 0 Å². The van der Waals surface area contributed by atoms with Crippen molar-refractivity contribution in [3.63, 3.8) is 0 Å². The molecule has 0 saturated carbocycles. The molecule has 17 heavy (non-hydrogen) atoms. The number of carbonyl (C=O) groups excluding carboxylic acids is 2. The lowest BCUT2D eigenvalue weighted by atomic mass is 10.1. The molecule has 0 atom stereocenters. The fourth-order valence-electron chi connectivity index (χ4n) is 1.26. The molecule has 0 bridgehead atoms. The number of rotatable bonds is 3. The van der Waals surface area contributed by atoms with Crippen LogP contribution in [-0.4, -0.2) is 37.4 Å². The molecule has 0 aliphatic rings. The van der Waals surface area contributed by atoms with E-state index in [4.69, 9.17) is 5.73 Å². The van der Waals surface area contributed by atoms with E-state index in [0.717, 1.165) is 0 Å². The minimum Gasteiger partial charge on any atom is -0.465 e. The predicted molar refractivity (Wildman–Crippen MR) is 63.1 cm³/mol. The number of methoxy groups -OCH3 is 2. The maximum atomic E-state index is 11.6. The summed E-state index contributed by atoms with van der Waals surface area (Å²) >= 11 is 1.20. The fraction of sp³-hybridized carbons (Fsp3) is 0.300. The van der Waals surface area contributed by atoms with E-state index in [1.807, 2.05) is 0 Å². The van der Waals surface area contributed by atoms with Gasteiger partial charge in [-0.3, -0.25) is 0 Å². The summed E-state index contributed by atoms with van der Waals surface area (Å²) in [4.78, 5) is 27.1. The first-order valence-electron chi connectivity index (χ1n) is 4.56. The van der Waals surface area contributed by atoms with E-state index >= 15 is 0 Å². The Balaban J connectivity index is 3.49. The largest absolute Gasteiger partial charge is 0.465 e. The van der Waals surface area contributed by atoms with Crippen LogP contribution in [0.3, 0.4) is 0 Å². The van der Waals surface area contributed by atoms with Gasteiger partial charge in [-0.25, -0.2) is 14.6 Å². The number of hydrogen-bond acceptors (Lipinski definition) is 7. The fourth-order valence-corrected chi connectivity index (χ4v) is 1.85. The number of anilines is 1. The Bertz CT molecular complexity index is 462. The molecule has 0 saturated heterocycles. The molecule has 2 N–H and O–H groups in total. The lowest BCUT2D eigenvalue weighted by Crippen LogP contribution is -2.15. The summed E-state index contributed by atoms with van der Waals surface area (Å²) in [6.07, 6.45) is 1.72. The Morgan fingerprint density at radius 3 is 2.35 bits per heavy atom. The Labute approximate surface area is 102 Å². The van der Waals surface area contributed by atoms with E-state index in [-0.39, 0.29) is 16.9 Å². The summed E-state index contributed by atoms with van der Waals surface area (Å²) in [5.41, 5.74) is 5.68. The third-order valence-corrected chi connectivity index (χ3v) is 2.68. The SMILES string of the molecule is COC(=O)c1cc(N)nc(SC)c1C(=O)OC. The van der Waals surface area contributed by atoms with E-state index in [9.17, 15) is 9.59 Å². The lowest BCUT2D eigenvalue weighted by Gasteiger charge is -2.10. The second-order valence-electron chi connectivity index (χ2n) is 2.96. The van der Waals surface area contributed by atoms with Gasteiger partial charge in [-0.15, -0.1) is 11.8 Å². The van der Waals surface area contributed by atoms with Gasteiger partial charge in [0.05, 0.1) is 19.8 Å². The summed E-state index contributed by atoms with van der Waals surface area (Å²) in [5.74, 6) is -1.17. The number of carbonyl (C=O) groups is 2. The molecule has 0 aliphatic carbocycles. The zero-order valence-corrected chi connectivity index (χ0v) is 10.5. The smallest absolute Gasteiger partial charge is 0.341 e. The highest BCUT2D eigenvalue weighted by Gasteiger charge is 2.24. The maximum Gasteiger partial charge on any atom is 0.341 e. The van der Waals surface area contributed by atoms with Crippen molar-refractivity contribution in [2.24, 2.45) is 0 Å². The van der Waals surface area contributed by atoms with Crippen molar-refractivity contribution in [3.05, 3.63) is 17.2 Å². The van der Waals surface area contributed by atoms with Crippen LogP contribution >= 0.6 is 11.8 Å². The molecule has 0 aliphatic heterocycles. The highest BCUT2D eigenvalue weighted by atomic mass is 32.2. The Morgan fingerprint density at radius 1 is 1.29 bits per heavy atom. The Hall–Kier alpha value is -1.76. The molecule has 0 spiro atoms. The molecule has 1 rings (SSSR count). The van der Waals surface area contributed by atoms with Crippen molar-refractivity contribution in [3.8, 4) is 0 Å². The monoisotopic (exact) mass is 256 g/mol. The Morgan fingerprint density at radius 2 is 1.88 bits per heavy atom. The number of ether oxygens (including phenoxy) is 2. The number of nitrogens with two attached hydrogens (primary N) is 1. The van der Waals surface area contributed by atoms with Gasteiger partial charge in [-0.1, -0.05) is 0 Å².